The van der Waals surface area contributed by atoms with Gasteiger partial charge in [0.1, 0.15) is 0 Å². The van der Waals surface area contributed by atoms with Crippen LogP contribution in [0, 0.1) is 0 Å². The Balaban J connectivity index is 1.86. The molecule has 2 rings (SSSR count). The lowest BCUT2D eigenvalue weighted by Gasteiger charge is -2.22. The molecule has 146 valence electrons. The van der Waals surface area contributed by atoms with E-state index in [1.54, 1.807) is 6.08 Å². The number of benzene rings is 1. The molecule has 0 spiro atoms. The van der Waals surface area contributed by atoms with Crippen LogP contribution in [0.1, 0.15) is 38.2 Å². The summed E-state index contributed by atoms with van der Waals surface area (Å²) >= 11 is 0. The Kier molecular flexibility index (Phi) is 7.85. The topological polar surface area (TPSA) is 87.7 Å². The summed E-state index contributed by atoms with van der Waals surface area (Å²) in [4.78, 5) is 37.0. The first-order valence-corrected chi connectivity index (χ1v) is 9.26. The molecule has 1 aromatic rings. The van der Waals surface area contributed by atoms with E-state index in [2.05, 4.69) is 27.7 Å². The van der Waals surface area contributed by atoms with Gasteiger partial charge in [-0.25, -0.2) is 9.59 Å². The Morgan fingerprint density at radius 2 is 1.70 bits per heavy atom. The van der Waals surface area contributed by atoms with Gasteiger partial charge in [-0.2, -0.15) is 0 Å². The summed E-state index contributed by atoms with van der Waals surface area (Å²) in [5.41, 5.74) is 2.06. The van der Waals surface area contributed by atoms with Crippen LogP contribution in [0.3, 0.4) is 0 Å². The van der Waals surface area contributed by atoms with Gasteiger partial charge in [-0.15, -0.1) is 0 Å². The summed E-state index contributed by atoms with van der Waals surface area (Å²) in [6.45, 7) is 3.56. The molecule has 1 fully saturated rings. The van der Waals surface area contributed by atoms with Crippen LogP contribution >= 0.6 is 0 Å². The molecule has 27 heavy (non-hydrogen) atoms. The second-order valence-electron chi connectivity index (χ2n) is 6.47. The molecular formula is C20H27N3O4. The van der Waals surface area contributed by atoms with Crippen LogP contribution in [0.25, 0.3) is 6.08 Å². The summed E-state index contributed by atoms with van der Waals surface area (Å²) in [5, 5.41) is 4.31. The van der Waals surface area contributed by atoms with E-state index in [0.29, 0.717) is 0 Å². The van der Waals surface area contributed by atoms with Gasteiger partial charge in [0.2, 0.25) is 0 Å². The molecule has 1 saturated heterocycles. The third-order valence-electron chi connectivity index (χ3n) is 4.40. The van der Waals surface area contributed by atoms with E-state index in [9.17, 15) is 14.4 Å². The maximum atomic E-state index is 11.8. The Bertz CT molecular complexity index is 677. The summed E-state index contributed by atoms with van der Waals surface area (Å²) in [6, 6.07) is 7.35. The lowest BCUT2D eigenvalue weighted by Crippen LogP contribution is -2.43. The Morgan fingerprint density at radius 3 is 2.30 bits per heavy atom. The maximum Gasteiger partial charge on any atom is 0.331 e. The highest BCUT2D eigenvalue weighted by Crippen LogP contribution is 2.20. The summed E-state index contributed by atoms with van der Waals surface area (Å²) in [7, 11) is 1.39. The van der Waals surface area contributed by atoms with Crippen LogP contribution in [0.15, 0.2) is 30.3 Å². The molecule has 1 aliphatic heterocycles. The molecule has 0 bridgehead atoms. The number of carbonyl (C=O) groups excluding carboxylic acids is 3. The maximum absolute atomic E-state index is 11.8. The van der Waals surface area contributed by atoms with E-state index in [0.717, 1.165) is 18.7 Å². The number of imide groups is 1. The van der Waals surface area contributed by atoms with Gasteiger partial charge in [-0.05, 0) is 43.5 Å². The van der Waals surface area contributed by atoms with Gasteiger partial charge < -0.3 is 15.0 Å². The minimum Gasteiger partial charge on any atom is -0.449 e. The number of ether oxygens (including phenoxy) is 1. The second-order valence-corrected chi connectivity index (χ2v) is 6.47. The summed E-state index contributed by atoms with van der Waals surface area (Å²) in [6.07, 6.45) is 6.86. The number of rotatable bonds is 5. The average Bonchev–Trinajstić information content (AvgIpc) is 2.96. The van der Waals surface area contributed by atoms with Crippen molar-refractivity contribution in [2.75, 3.05) is 25.0 Å². The van der Waals surface area contributed by atoms with Crippen LogP contribution < -0.4 is 15.5 Å². The standard InChI is InChI=1S/C20H27N3O4/c1-15(19(25)22-20(26)21-2)27-18(24)12-9-16-7-10-17(11-8-16)23-13-5-3-4-6-14-23/h7-12,15H,3-6,13-14H2,1-2H3,(H2,21,22,25,26)/b12-9+/t15-/m1/s1. The van der Waals surface area contributed by atoms with Crippen LogP contribution in [0.5, 0.6) is 0 Å². The largest absolute Gasteiger partial charge is 0.449 e. The molecule has 0 aromatic heterocycles. The quantitative estimate of drug-likeness (QED) is 0.611. The highest BCUT2D eigenvalue weighted by Gasteiger charge is 2.18. The fourth-order valence-electron chi connectivity index (χ4n) is 2.83. The van der Waals surface area contributed by atoms with Crippen molar-refractivity contribution in [1.82, 2.24) is 10.6 Å². The van der Waals surface area contributed by atoms with Gasteiger partial charge >= 0.3 is 12.0 Å². The zero-order chi connectivity index (χ0) is 19.6. The van der Waals surface area contributed by atoms with Crippen molar-refractivity contribution >= 4 is 29.7 Å². The second kappa shape index (κ2) is 10.4. The molecule has 1 aliphatic rings. The third-order valence-corrected chi connectivity index (χ3v) is 4.40. The molecule has 7 heteroatoms. The van der Waals surface area contributed by atoms with Gasteiger partial charge in [0.25, 0.3) is 5.91 Å². The lowest BCUT2D eigenvalue weighted by atomic mass is 10.1. The number of hydrogen-bond acceptors (Lipinski definition) is 5. The van der Waals surface area contributed by atoms with Crippen molar-refractivity contribution in [3.05, 3.63) is 35.9 Å². The molecule has 0 saturated carbocycles. The van der Waals surface area contributed by atoms with E-state index >= 15 is 0 Å². The van der Waals surface area contributed by atoms with Gasteiger partial charge in [0.15, 0.2) is 6.10 Å². The lowest BCUT2D eigenvalue weighted by molar-refractivity contribution is -0.149. The molecule has 1 atom stereocenters. The van der Waals surface area contributed by atoms with E-state index < -0.39 is 24.0 Å². The van der Waals surface area contributed by atoms with Crippen LogP contribution in [-0.2, 0) is 14.3 Å². The number of amides is 3. The van der Waals surface area contributed by atoms with Crippen molar-refractivity contribution in [1.29, 1.82) is 0 Å². The van der Waals surface area contributed by atoms with Crippen LogP contribution in [-0.4, -0.2) is 44.1 Å². The number of hydrogen-bond donors (Lipinski definition) is 2. The van der Waals surface area contributed by atoms with Gasteiger partial charge in [-0.3, -0.25) is 10.1 Å². The minimum absolute atomic E-state index is 0.647. The number of nitrogens with one attached hydrogen (secondary N) is 2. The van der Waals surface area contributed by atoms with E-state index in [-0.39, 0.29) is 0 Å². The van der Waals surface area contributed by atoms with E-state index in [1.807, 2.05) is 12.1 Å². The smallest absolute Gasteiger partial charge is 0.331 e. The van der Waals surface area contributed by atoms with Crippen molar-refractivity contribution in [2.45, 2.75) is 38.7 Å². The first-order valence-electron chi connectivity index (χ1n) is 9.26. The Morgan fingerprint density at radius 1 is 1.07 bits per heavy atom. The molecule has 1 heterocycles. The monoisotopic (exact) mass is 373 g/mol. The number of anilines is 1. The fraction of sp³-hybridized carbons (Fsp3) is 0.450. The minimum atomic E-state index is -1.06. The van der Waals surface area contributed by atoms with Crippen molar-refractivity contribution in [2.24, 2.45) is 0 Å². The van der Waals surface area contributed by atoms with Gasteiger partial charge in [0.05, 0.1) is 0 Å². The Labute approximate surface area is 159 Å². The molecule has 2 N–H and O–H groups in total. The number of carbonyl (C=O) groups is 3. The molecule has 1 aromatic carbocycles. The zero-order valence-electron chi connectivity index (χ0n) is 15.9. The zero-order valence-corrected chi connectivity index (χ0v) is 15.9. The highest BCUT2D eigenvalue weighted by atomic mass is 16.5. The molecule has 0 radical (unpaired) electrons. The summed E-state index contributed by atoms with van der Waals surface area (Å²) in [5.74, 6) is -1.33. The Hall–Kier alpha value is -2.83. The molecule has 0 aliphatic carbocycles. The van der Waals surface area contributed by atoms with E-state index in [1.165, 1.54) is 51.4 Å². The van der Waals surface area contributed by atoms with Crippen LogP contribution in [0.4, 0.5) is 10.5 Å². The van der Waals surface area contributed by atoms with Crippen molar-refractivity contribution in [3.8, 4) is 0 Å². The van der Waals surface area contributed by atoms with Crippen LogP contribution in [0.2, 0.25) is 0 Å². The summed E-state index contributed by atoms with van der Waals surface area (Å²) < 4.78 is 4.99. The average molecular weight is 373 g/mol. The SMILES string of the molecule is CNC(=O)NC(=O)[C@@H](C)OC(=O)/C=C/c1ccc(N2CCCCCC2)cc1. The predicted octanol–water partition coefficient (Wildman–Crippen LogP) is 2.47. The fourth-order valence-corrected chi connectivity index (χ4v) is 2.83. The number of nitrogens with zero attached hydrogens (tertiary/aromatic N) is 1. The van der Waals surface area contributed by atoms with Gasteiger partial charge in [0, 0.05) is 31.9 Å². The van der Waals surface area contributed by atoms with Crippen molar-refractivity contribution < 1.29 is 19.1 Å². The first-order chi connectivity index (χ1) is 13.0. The number of urea groups is 1. The van der Waals surface area contributed by atoms with Crippen molar-refractivity contribution in [3.63, 3.8) is 0 Å². The van der Waals surface area contributed by atoms with Gasteiger partial charge in [-0.1, -0.05) is 25.0 Å². The molecule has 3 amide bonds. The van der Waals surface area contributed by atoms with E-state index in [4.69, 9.17) is 4.74 Å². The highest BCUT2D eigenvalue weighted by molar-refractivity contribution is 5.97. The predicted molar refractivity (Wildman–Crippen MR) is 104 cm³/mol. The molecule has 0 unspecified atom stereocenters. The third kappa shape index (κ3) is 6.77. The number of esters is 1. The normalized spacial score (nSPS) is 15.7. The molecule has 7 nitrogen and oxygen atoms in total. The first kappa shape index (κ1) is 20.5. The molecular weight excluding hydrogens is 346 g/mol.